The van der Waals surface area contributed by atoms with E-state index in [1.165, 1.54) is 24.3 Å². The molecule has 96 valence electrons. The highest BCUT2D eigenvalue weighted by Crippen LogP contribution is 2.28. The quantitative estimate of drug-likeness (QED) is 0.898. The van der Waals surface area contributed by atoms with E-state index in [0.29, 0.717) is 12.1 Å². The van der Waals surface area contributed by atoms with Crippen LogP contribution in [0.2, 0.25) is 0 Å². The van der Waals surface area contributed by atoms with Crippen molar-refractivity contribution >= 4 is 11.6 Å². The van der Waals surface area contributed by atoms with Gasteiger partial charge in [0, 0.05) is 12.1 Å². The molecule has 1 unspecified atom stereocenters. The number of hydrogen-bond donors (Lipinski definition) is 1. The lowest BCUT2D eigenvalue weighted by atomic mass is 10.1. The molecule has 0 fully saturated rings. The molecule has 1 atom stereocenters. The minimum Gasteiger partial charge on any atom is -0.480 e. The first-order chi connectivity index (χ1) is 9.22. The van der Waals surface area contributed by atoms with Crippen molar-refractivity contribution in [2.45, 2.75) is 12.5 Å². The van der Waals surface area contributed by atoms with Crippen LogP contribution in [0.3, 0.4) is 0 Å². The maximum Gasteiger partial charge on any atom is 0.265 e. The van der Waals surface area contributed by atoms with Crippen LogP contribution in [0.4, 0.5) is 10.1 Å². The zero-order valence-electron chi connectivity index (χ0n) is 10.1. The molecule has 1 N–H and O–H groups in total. The summed E-state index contributed by atoms with van der Waals surface area (Å²) in [6, 6.07) is 13.2. The highest BCUT2D eigenvalue weighted by Gasteiger charge is 2.28. The Balaban J connectivity index is 1.68. The fourth-order valence-electron chi connectivity index (χ4n) is 2.08. The van der Waals surface area contributed by atoms with E-state index in [2.05, 4.69) is 5.32 Å². The van der Waals surface area contributed by atoms with Crippen LogP contribution in [0.5, 0.6) is 5.75 Å². The number of nitrogens with one attached hydrogen (secondary N) is 1. The first-order valence-corrected chi connectivity index (χ1v) is 6.03. The average molecular weight is 257 g/mol. The third-order valence-electron chi connectivity index (χ3n) is 3.05. The smallest absolute Gasteiger partial charge is 0.265 e. The molecular weight excluding hydrogens is 245 g/mol. The molecule has 1 amide bonds. The number of para-hydroxylation sites is 1. The number of halogens is 1. The summed E-state index contributed by atoms with van der Waals surface area (Å²) in [5.74, 6) is 0.201. The number of fused-ring (bicyclic) bond motifs is 1. The molecule has 1 aliphatic rings. The van der Waals surface area contributed by atoms with Gasteiger partial charge in [-0.15, -0.1) is 0 Å². The molecule has 2 aromatic rings. The van der Waals surface area contributed by atoms with Crippen LogP contribution in [0, 0.1) is 5.82 Å². The predicted octanol–water partition coefficient (Wildman–Crippen LogP) is 2.77. The van der Waals surface area contributed by atoms with Crippen LogP contribution in [0.25, 0.3) is 0 Å². The number of hydrogen-bond acceptors (Lipinski definition) is 2. The van der Waals surface area contributed by atoms with Gasteiger partial charge in [-0.05, 0) is 35.9 Å². The Morgan fingerprint density at radius 1 is 1.16 bits per heavy atom. The van der Waals surface area contributed by atoms with E-state index >= 15 is 0 Å². The predicted molar refractivity (Wildman–Crippen MR) is 69.6 cm³/mol. The van der Waals surface area contributed by atoms with Crippen molar-refractivity contribution in [2.75, 3.05) is 5.32 Å². The highest BCUT2D eigenvalue weighted by molar-refractivity contribution is 5.95. The van der Waals surface area contributed by atoms with Gasteiger partial charge in [0.25, 0.3) is 5.91 Å². The van der Waals surface area contributed by atoms with Crippen molar-refractivity contribution in [3.63, 3.8) is 0 Å². The monoisotopic (exact) mass is 257 g/mol. The number of anilines is 1. The number of carbonyl (C=O) groups excluding carboxylic acids is 1. The van der Waals surface area contributed by atoms with Crippen LogP contribution in [-0.4, -0.2) is 12.0 Å². The van der Waals surface area contributed by atoms with Gasteiger partial charge < -0.3 is 10.1 Å². The molecule has 2 aromatic carbocycles. The van der Waals surface area contributed by atoms with E-state index < -0.39 is 6.10 Å². The standard InChI is InChI=1S/C15H12FNO2/c16-11-5-7-12(8-6-11)17-15(18)14-9-10-3-1-2-4-13(10)19-14/h1-8,14H,9H2,(H,17,18). The number of carbonyl (C=O) groups is 1. The maximum absolute atomic E-state index is 12.8. The molecule has 4 heteroatoms. The molecule has 3 nitrogen and oxygen atoms in total. The number of amides is 1. The van der Waals surface area contributed by atoms with Gasteiger partial charge in [-0.3, -0.25) is 4.79 Å². The SMILES string of the molecule is O=C(Nc1ccc(F)cc1)C1Cc2ccccc2O1. The largest absolute Gasteiger partial charge is 0.480 e. The second-order valence-electron chi connectivity index (χ2n) is 4.41. The molecule has 0 saturated carbocycles. The molecule has 1 heterocycles. The lowest BCUT2D eigenvalue weighted by Crippen LogP contribution is -2.31. The summed E-state index contributed by atoms with van der Waals surface area (Å²) in [6.07, 6.45) is 0.0332. The van der Waals surface area contributed by atoms with Crippen molar-refractivity contribution in [1.29, 1.82) is 0 Å². The van der Waals surface area contributed by atoms with Gasteiger partial charge in [-0.2, -0.15) is 0 Å². The molecule has 0 saturated heterocycles. The topological polar surface area (TPSA) is 38.3 Å². The Morgan fingerprint density at radius 3 is 2.63 bits per heavy atom. The van der Waals surface area contributed by atoms with E-state index in [0.717, 1.165) is 11.3 Å². The minimum atomic E-state index is -0.526. The fraction of sp³-hybridized carbons (Fsp3) is 0.133. The van der Waals surface area contributed by atoms with Gasteiger partial charge in [0.05, 0.1) is 0 Å². The van der Waals surface area contributed by atoms with Crippen LogP contribution in [0.15, 0.2) is 48.5 Å². The molecule has 0 aliphatic carbocycles. The molecule has 0 spiro atoms. The van der Waals surface area contributed by atoms with Crippen LogP contribution >= 0.6 is 0 Å². The van der Waals surface area contributed by atoms with E-state index in [-0.39, 0.29) is 11.7 Å². The van der Waals surface area contributed by atoms with Gasteiger partial charge in [0.2, 0.25) is 0 Å². The van der Waals surface area contributed by atoms with Crippen molar-refractivity contribution in [2.24, 2.45) is 0 Å². The van der Waals surface area contributed by atoms with Gasteiger partial charge in [0.1, 0.15) is 11.6 Å². The Bertz CT molecular complexity index is 585. The zero-order chi connectivity index (χ0) is 13.2. The van der Waals surface area contributed by atoms with Gasteiger partial charge in [-0.25, -0.2) is 4.39 Å². The third kappa shape index (κ3) is 2.42. The summed E-state index contributed by atoms with van der Waals surface area (Å²) >= 11 is 0. The number of benzene rings is 2. The summed E-state index contributed by atoms with van der Waals surface area (Å²) in [6.45, 7) is 0. The molecule has 1 aliphatic heterocycles. The molecule has 0 radical (unpaired) electrons. The minimum absolute atomic E-state index is 0.220. The molecule has 0 aromatic heterocycles. The Morgan fingerprint density at radius 2 is 1.89 bits per heavy atom. The van der Waals surface area contributed by atoms with Crippen molar-refractivity contribution in [3.05, 3.63) is 59.9 Å². The second kappa shape index (κ2) is 4.72. The van der Waals surface area contributed by atoms with Crippen molar-refractivity contribution < 1.29 is 13.9 Å². The van der Waals surface area contributed by atoms with E-state index in [4.69, 9.17) is 4.74 Å². The van der Waals surface area contributed by atoms with Crippen molar-refractivity contribution in [3.8, 4) is 5.75 Å². The first kappa shape index (κ1) is 11.7. The van der Waals surface area contributed by atoms with Crippen molar-refractivity contribution in [1.82, 2.24) is 0 Å². The van der Waals surface area contributed by atoms with E-state index in [1.54, 1.807) is 0 Å². The summed E-state index contributed by atoms with van der Waals surface area (Å²) in [7, 11) is 0. The van der Waals surface area contributed by atoms with Gasteiger partial charge >= 0.3 is 0 Å². The molecular formula is C15H12FNO2. The van der Waals surface area contributed by atoms with Crippen LogP contribution in [0.1, 0.15) is 5.56 Å². The summed E-state index contributed by atoms with van der Waals surface area (Å²) in [5, 5.41) is 2.72. The lowest BCUT2D eigenvalue weighted by molar-refractivity contribution is -0.122. The first-order valence-electron chi connectivity index (χ1n) is 6.03. The van der Waals surface area contributed by atoms with Gasteiger partial charge in [-0.1, -0.05) is 18.2 Å². The molecule has 0 bridgehead atoms. The van der Waals surface area contributed by atoms with Crippen LogP contribution < -0.4 is 10.1 Å². The Hall–Kier alpha value is -2.36. The third-order valence-corrected chi connectivity index (χ3v) is 3.05. The summed E-state index contributed by atoms with van der Waals surface area (Å²) in [5.41, 5.74) is 1.59. The highest BCUT2D eigenvalue weighted by atomic mass is 19.1. The van der Waals surface area contributed by atoms with Crippen LogP contribution in [-0.2, 0) is 11.2 Å². The Kier molecular flexibility index (Phi) is 2.91. The molecule has 3 rings (SSSR count). The number of ether oxygens (including phenoxy) is 1. The van der Waals surface area contributed by atoms with E-state index in [9.17, 15) is 9.18 Å². The van der Waals surface area contributed by atoms with E-state index in [1.807, 2.05) is 24.3 Å². The zero-order valence-corrected chi connectivity index (χ0v) is 10.1. The lowest BCUT2D eigenvalue weighted by Gasteiger charge is -2.11. The maximum atomic E-state index is 12.8. The summed E-state index contributed by atoms with van der Waals surface area (Å²) in [4.78, 5) is 12.0. The second-order valence-corrected chi connectivity index (χ2v) is 4.41. The fourth-order valence-corrected chi connectivity index (χ4v) is 2.08. The summed E-state index contributed by atoms with van der Waals surface area (Å²) < 4.78 is 18.3. The number of rotatable bonds is 2. The Labute approximate surface area is 110 Å². The normalized spacial score (nSPS) is 16.6. The van der Waals surface area contributed by atoms with Gasteiger partial charge in [0.15, 0.2) is 6.10 Å². The average Bonchev–Trinajstić information content (AvgIpc) is 2.85. The molecule has 19 heavy (non-hydrogen) atoms.